The molecule has 24 heavy (non-hydrogen) atoms. The van der Waals surface area contributed by atoms with E-state index in [1.807, 2.05) is 0 Å². The zero-order valence-corrected chi connectivity index (χ0v) is 14.5. The van der Waals surface area contributed by atoms with Crippen molar-refractivity contribution < 1.29 is 4.74 Å². The van der Waals surface area contributed by atoms with E-state index in [-0.39, 0.29) is 11.8 Å². The second-order valence-corrected chi connectivity index (χ2v) is 7.51. The van der Waals surface area contributed by atoms with E-state index in [2.05, 4.69) is 27.1 Å². The summed E-state index contributed by atoms with van der Waals surface area (Å²) in [6.07, 6.45) is 9.35. The fourth-order valence-electron chi connectivity index (χ4n) is 3.53. The highest BCUT2D eigenvalue weighted by atomic mass is 32.2. The molecule has 1 saturated carbocycles. The van der Waals surface area contributed by atoms with E-state index in [4.69, 9.17) is 9.84 Å². The molecule has 1 N–H and O–H groups in total. The second kappa shape index (κ2) is 7.14. The van der Waals surface area contributed by atoms with Crippen LogP contribution >= 0.6 is 11.8 Å². The molecule has 1 aliphatic heterocycles. The lowest BCUT2D eigenvalue weighted by atomic mass is 10.2. The van der Waals surface area contributed by atoms with Crippen LogP contribution in [0, 0.1) is 0 Å². The van der Waals surface area contributed by atoms with Gasteiger partial charge in [-0.2, -0.15) is 5.10 Å². The Bertz CT molecular complexity index is 725. The molecule has 1 aliphatic carbocycles. The molecule has 3 heterocycles. The first-order chi connectivity index (χ1) is 11.8. The summed E-state index contributed by atoms with van der Waals surface area (Å²) in [5.74, 6) is 0.718. The van der Waals surface area contributed by atoms with Gasteiger partial charge in [0, 0.05) is 18.6 Å². The average Bonchev–Trinajstić information content (AvgIpc) is 3.36. The van der Waals surface area contributed by atoms with Crippen LogP contribution in [0.15, 0.2) is 22.2 Å². The largest absolute Gasteiger partial charge is 0.376 e. The Morgan fingerprint density at radius 3 is 2.96 bits per heavy atom. The number of thioether (sulfide) groups is 1. The Labute approximate surface area is 144 Å². The molecule has 0 radical (unpaired) electrons. The summed E-state index contributed by atoms with van der Waals surface area (Å²) in [5, 5.41) is 12.1. The molecular weight excluding hydrogens is 326 g/mol. The maximum atomic E-state index is 12.0. The number of rotatable bonds is 6. The van der Waals surface area contributed by atoms with Crippen molar-refractivity contribution in [3.8, 4) is 0 Å². The smallest absolute Gasteiger partial charge is 0.344 e. The van der Waals surface area contributed by atoms with Crippen molar-refractivity contribution >= 4 is 11.8 Å². The van der Waals surface area contributed by atoms with E-state index < -0.39 is 0 Å². The van der Waals surface area contributed by atoms with Crippen LogP contribution in [0.1, 0.15) is 50.3 Å². The van der Waals surface area contributed by atoms with Crippen LogP contribution in [0.25, 0.3) is 0 Å². The van der Waals surface area contributed by atoms with Crippen molar-refractivity contribution in [2.75, 3.05) is 6.61 Å². The van der Waals surface area contributed by atoms with Crippen LogP contribution in [-0.2, 0) is 17.0 Å². The summed E-state index contributed by atoms with van der Waals surface area (Å²) in [7, 11) is 0. The first-order valence-electron chi connectivity index (χ1n) is 8.73. The van der Waals surface area contributed by atoms with Gasteiger partial charge in [-0.05, 0) is 31.7 Å². The van der Waals surface area contributed by atoms with Crippen LogP contribution in [0.3, 0.4) is 0 Å². The molecule has 0 unspecified atom stereocenters. The third kappa shape index (κ3) is 3.44. The summed E-state index contributed by atoms with van der Waals surface area (Å²) in [6.45, 7) is 1.37. The zero-order valence-electron chi connectivity index (χ0n) is 13.7. The Morgan fingerprint density at radius 2 is 2.17 bits per heavy atom. The maximum absolute atomic E-state index is 12.0. The maximum Gasteiger partial charge on any atom is 0.344 e. The average molecular weight is 349 g/mol. The van der Waals surface area contributed by atoms with Crippen molar-refractivity contribution in [3.05, 3.63) is 28.4 Å². The fourth-order valence-corrected chi connectivity index (χ4v) is 4.39. The monoisotopic (exact) mass is 349 g/mol. The molecule has 0 amide bonds. The summed E-state index contributed by atoms with van der Waals surface area (Å²) >= 11 is 1.55. The minimum absolute atomic E-state index is 0.126. The van der Waals surface area contributed by atoms with Crippen molar-refractivity contribution in [1.29, 1.82) is 0 Å². The Balaban J connectivity index is 1.39. The quantitative estimate of drug-likeness (QED) is 0.810. The number of nitrogens with zero attached hydrogens (tertiary/aromatic N) is 4. The van der Waals surface area contributed by atoms with Crippen LogP contribution in [0.5, 0.6) is 0 Å². The minimum atomic E-state index is -0.163. The van der Waals surface area contributed by atoms with Crippen LogP contribution in [0.4, 0.5) is 0 Å². The topological polar surface area (TPSA) is 77.7 Å². The van der Waals surface area contributed by atoms with E-state index >= 15 is 0 Å². The lowest BCUT2D eigenvalue weighted by Gasteiger charge is -2.10. The van der Waals surface area contributed by atoms with Gasteiger partial charge >= 0.3 is 5.69 Å². The zero-order chi connectivity index (χ0) is 16.4. The molecule has 7 nitrogen and oxygen atoms in total. The van der Waals surface area contributed by atoms with Crippen molar-refractivity contribution in [1.82, 2.24) is 24.5 Å². The van der Waals surface area contributed by atoms with Gasteiger partial charge in [0.1, 0.15) is 0 Å². The molecule has 8 heteroatoms. The molecule has 2 aliphatic rings. The van der Waals surface area contributed by atoms with E-state index in [1.165, 1.54) is 25.7 Å². The molecule has 130 valence electrons. The van der Waals surface area contributed by atoms with Gasteiger partial charge < -0.3 is 4.74 Å². The third-order valence-corrected chi connectivity index (χ3v) is 5.85. The molecule has 2 fully saturated rings. The van der Waals surface area contributed by atoms with Gasteiger partial charge in [0.2, 0.25) is 0 Å². The van der Waals surface area contributed by atoms with Crippen molar-refractivity contribution in [2.24, 2.45) is 0 Å². The van der Waals surface area contributed by atoms with Gasteiger partial charge in [-0.25, -0.2) is 9.89 Å². The number of aromatic nitrogens is 5. The number of hydrogen-bond acceptors (Lipinski definition) is 5. The molecule has 2 aromatic rings. The lowest BCUT2D eigenvalue weighted by Crippen LogP contribution is -2.24. The lowest BCUT2D eigenvalue weighted by molar-refractivity contribution is 0.0941. The van der Waals surface area contributed by atoms with E-state index in [1.54, 1.807) is 16.3 Å². The van der Waals surface area contributed by atoms with Gasteiger partial charge in [0.25, 0.3) is 0 Å². The number of aromatic amines is 1. The number of H-pyrrole nitrogens is 1. The van der Waals surface area contributed by atoms with E-state index in [9.17, 15) is 4.79 Å². The predicted molar refractivity (Wildman–Crippen MR) is 91.1 cm³/mol. The van der Waals surface area contributed by atoms with Crippen LogP contribution < -0.4 is 5.69 Å². The predicted octanol–water partition coefficient (Wildman–Crippen LogP) is 2.35. The molecule has 4 rings (SSSR count). The normalized spacial score (nSPS) is 21.8. The minimum Gasteiger partial charge on any atom is -0.376 e. The van der Waals surface area contributed by atoms with E-state index in [0.29, 0.717) is 17.7 Å². The van der Waals surface area contributed by atoms with Crippen LogP contribution in [-0.4, -0.2) is 37.3 Å². The van der Waals surface area contributed by atoms with Crippen LogP contribution in [0.2, 0.25) is 0 Å². The Hall–Kier alpha value is -1.54. The molecule has 0 spiro atoms. The highest BCUT2D eigenvalue weighted by Gasteiger charge is 2.20. The van der Waals surface area contributed by atoms with Gasteiger partial charge in [0.15, 0.2) is 5.16 Å². The molecule has 1 saturated heterocycles. The summed E-state index contributed by atoms with van der Waals surface area (Å²) in [4.78, 5) is 12.0. The molecular formula is C16H23N5O2S. The standard InChI is InChI=1S/C16H23N5O2S/c22-15-17-18-16(20(15)10-14-6-3-9-23-14)24-11-12-7-8-21(19-12)13-4-1-2-5-13/h7-8,13-14H,1-6,9-11H2,(H,17,22)/t14-/m0/s1. The third-order valence-electron chi connectivity index (χ3n) is 4.84. The van der Waals surface area contributed by atoms with Gasteiger partial charge in [-0.3, -0.25) is 9.25 Å². The van der Waals surface area contributed by atoms with E-state index in [0.717, 1.165) is 30.9 Å². The van der Waals surface area contributed by atoms with Crippen molar-refractivity contribution in [3.63, 3.8) is 0 Å². The number of hydrogen-bond donors (Lipinski definition) is 1. The molecule has 2 aromatic heterocycles. The first kappa shape index (κ1) is 16.0. The van der Waals surface area contributed by atoms with Gasteiger partial charge in [-0.15, -0.1) is 5.10 Å². The number of ether oxygens (including phenoxy) is 1. The summed E-state index contributed by atoms with van der Waals surface area (Å²) < 4.78 is 9.43. The highest BCUT2D eigenvalue weighted by Crippen LogP contribution is 2.29. The Kier molecular flexibility index (Phi) is 4.75. The van der Waals surface area contributed by atoms with Gasteiger partial charge in [0.05, 0.1) is 24.4 Å². The second-order valence-electron chi connectivity index (χ2n) is 6.57. The molecule has 0 bridgehead atoms. The SMILES string of the molecule is O=c1[nH]nc(SCc2ccn(C3CCCC3)n2)n1C[C@@H]1CCCO1. The first-order valence-corrected chi connectivity index (χ1v) is 9.72. The Morgan fingerprint density at radius 1 is 1.29 bits per heavy atom. The van der Waals surface area contributed by atoms with Crippen molar-refractivity contribution in [2.45, 2.75) is 68.1 Å². The summed E-state index contributed by atoms with van der Waals surface area (Å²) in [5.41, 5.74) is 0.871. The van der Waals surface area contributed by atoms with Gasteiger partial charge in [-0.1, -0.05) is 24.6 Å². The highest BCUT2D eigenvalue weighted by molar-refractivity contribution is 7.98. The number of nitrogens with one attached hydrogen (secondary N) is 1. The fraction of sp³-hybridized carbons (Fsp3) is 0.688. The summed E-state index contributed by atoms with van der Waals surface area (Å²) in [6, 6.07) is 2.63. The molecule has 1 atom stereocenters. The molecule has 0 aromatic carbocycles.